The van der Waals surface area contributed by atoms with Crippen LogP contribution >= 0.6 is 0 Å². The summed E-state index contributed by atoms with van der Waals surface area (Å²) in [6, 6.07) is 19.2. The molecule has 112 valence electrons. The van der Waals surface area contributed by atoms with Crippen molar-refractivity contribution in [3.8, 4) is 11.3 Å². The lowest BCUT2D eigenvalue weighted by atomic mass is 9.96. The summed E-state index contributed by atoms with van der Waals surface area (Å²) in [5, 5.41) is 3.72. The van der Waals surface area contributed by atoms with Gasteiger partial charge in [0.1, 0.15) is 7.05 Å². The molecular weight excluding hydrogens is 280 g/mol. The number of fused-ring (bicyclic) bond motifs is 3. The Morgan fingerprint density at radius 1 is 0.783 bits per heavy atom. The molecule has 0 saturated carbocycles. The molecule has 0 aliphatic heterocycles. The summed E-state index contributed by atoms with van der Waals surface area (Å²) in [6.07, 6.45) is 2.08. The number of rotatable bonds is 1. The largest absolute Gasteiger partial charge is 0.252 e. The quantitative estimate of drug-likeness (QED) is 0.373. The first-order valence-electron chi connectivity index (χ1n) is 7.90. The van der Waals surface area contributed by atoms with Crippen LogP contribution in [0.5, 0.6) is 0 Å². The molecule has 2 heterocycles. The summed E-state index contributed by atoms with van der Waals surface area (Å²) in [4.78, 5) is 4.97. The molecular formula is C21H19N2+. The number of pyridine rings is 2. The Hall–Kier alpha value is -2.74. The van der Waals surface area contributed by atoms with Crippen molar-refractivity contribution in [2.24, 2.45) is 7.05 Å². The molecule has 2 aromatic carbocycles. The highest BCUT2D eigenvalue weighted by Gasteiger charge is 2.18. The van der Waals surface area contributed by atoms with Crippen LogP contribution in [0.3, 0.4) is 0 Å². The van der Waals surface area contributed by atoms with E-state index in [1.165, 1.54) is 33.0 Å². The summed E-state index contributed by atoms with van der Waals surface area (Å²) >= 11 is 0. The first-order valence-corrected chi connectivity index (χ1v) is 7.90. The summed E-state index contributed by atoms with van der Waals surface area (Å²) in [5.41, 5.74) is 5.83. The number of nitrogens with zero attached hydrogens (tertiary/aromatic N) is 2. The van der Waals surface area contributed by atoms with Gasteiger partial charge in [0.25, 0.3) is 0 Å². The molecule has 0 saturated heterocycles. The standard InChI is InChI=1S/C21H19N2/c1-14-11-12-18-17-9-5-4-8-16(17)15(2)22-21(18)20(14)19-10-6-7-13-23(19)3/h4-13H,1-3H3/q+1. The molecule has 4 rings (SSSR count). The number of aromatic nitrogens is 2. The molecule has 23 heavy (non-hydrogen) atoms. The van der Waals surface area contributed by atoms with Crippen LogP contribution in [-0.2, 0) is 7.05 Å². The Morgan fingerprint density at radius 2 is 1.52 bits per heavy atom. The second kappa shape index (κ2) is 5.17. The van der Waals surface area contributed by atoms with E-state index in [0.717, 1.165) is 11.2 Å². The van der Waals surface area contributed by atoms with Gasteiger partial charge < -0.3 is 0 Å². The fourth-order valence-corrected chi connectivity index (χ4v) is 3.39. The van der Waals surface area contributed by atoms with Gasteiger partial charge in [0.15, 0.2) is 6.20 Å². The Labute approximate surface area is 136 Å². The molecule has 2 heteroatoms. The van der Waals surface area contributed by atoms with Gasteiger partial charge in [0.05, 0.1) is 11.1 Å². The predicted octanol–water partition coefficient (Wildman–Crippen LogP) is 4.50. The van der Waals surface area contributed by atoms with Crippen molar-refractivity contribution in [2.75, 3.05) is 0 Å². The van der Waals surface area contributed by atoms with Crippen molar-refractivity contribution in [1.82, 2.24) is 4.98 Å². The lowest BCUT2D eigenvalue weighted by Crippen LogP contribution is -2.30. The van der Waals surface area contributed by atoms with E-state index >= 15 is 0 Å². The third-order valence-electron chi connectivity index (χ3n) is 4.58. The average Bonchev–Trinajstić information content (AvgIpc) is 2.56. The van der Waals surface area contributed by atoms with Crippen LogP contribution < -0.4 is 4.57 Å². The lowest BCUT2D eigenvalue weighted by Gasteiger charge is -2.12. The minimum Gasteiger partial charge on any atom is -0.252 e. The SMILES string of the molecule is Cc1ccc2c(nc(C)c3ccccc32)c1-c1cccc[n+]1C. The molecule has 0 spiro atoms. The molecule has 2 nitrogen and oxygen atoms in total. The molecule has 4 aromatic rings. The highest BCUT2D eigenvalue weighted by Crippen LogP contribution is 2.33. The van der Waals surface area contributed by atoms with Gasteiger partial charge in [-0.3, -0.25) is 4.98 Å². The zero-order valence-electron chi connectivity index (χ0n) is 13.7. The molecule has 0 aliphatic rings. The third kappa shape index (κ3) is 2.10. The highest BCUT2D eigenvalue weighted by molar-refractivity contribution is 6.10. The Morgan fingerprint density at radius 3 is 2.30 bits per heavy atom. The van der Waals surface area contributed by atoms with Crippen LogP contribution in [0.1, 0.15) is 11.3 Å². The zero-order chi connectivity index (χ0) is 16.0. The maximum Gasteiger partial charge on any atom is 0.214 e. The third-order valence-corrected chi connectivity index (χ3v) is 4.58. The topological polar surface area (TPSA) is 16.8 Å². The van der Waals surface area contributed by atoms with E-state index in [4.69, 9.17) is 4.98 Å². The second-order valence-electron chi connectivity index (χ2n) is 6.09. The first kappa shape index (κ1) is 13.9. The maximum atomic E-state index is 4.97. The van der Waals surface area contributed by atoms with Crippen LogP contribution in [0, 0.1) is 13.8 Å². The Kier molecular flexibility index (Phi) is 3.12. The van der Waals surface area contributed by atoms with Crippen LogP contribution in [-0.4, -0.2) is 4.98 Å². The van der Waals surface area contributed by atoms with Gasteiger partial charge in [-0.1, -0.05) is 36.4 Å². The van der Waals surface area contributed by atoms with Crippen LogP contribution in [0.25, 0.3) is 32.9 Å². The number of benzene rings is 2. The minimum atomic E-state index is 1.08. The number of aryl methyl sites for hydroxylation is 3. The zero-order valence-corrected chi connectivity index (χ0v) is 13.7. The molecule has 2 aromatic heterocycles. The lowest BCUT2D eigenvalue weighted by molar-refractivity contribution is -0.660. The van der Waals surface area contributed by atoms with Gasteiger partial charge in [0.2, 0.25) is 5.69 Å². The van der Waals surface area contributed by atoms with E-state index in [-0.39, 0.29) is 0 Å². The van der Waals surface area contributed by atoms with E-state index in [2.05, 4.69) is 86.3 Å². The summed E-state index contributed by atoms with van der Waals surface area (Å²) in [6.45, 7) is 4.26. The maximum absolute atomic E-state index is 4.97. The van der Waals surface area contributed by atoms with E-state index in [9.17, 15) is 0 Å². The number of hydrogen-bond donors (Lipinski definition) is 0. The average molecular weight is 299 g/mol. The van der Waals surface area contributed by atoms with Crippen molar-refractivity contribution in [3.05, 3.63) is 72.1 Å². The Bertz CT molecular complexity index is 1050. The molecule has 0 fully saturated rings. The van der Waals surface area contributed by atoms with Crippen LogP contribution in [0.2, 0.25) is 0 Å². The van der Waals surface area contributed by atoms with Gasteiger partial charge in [-0.25, -0.2) is 4.57 Å². The van der Waals surface area contributed by atoms with Gasteiger partial charge in [0, 0.05) is 28.6 Å². The molecule has 0 radical (unpaired) electrons. The first-order chi connectivity index (χ1) is 11.2. The van der Waals surface area contributed by atoms with Crippen molar-refractivity contribution < 1.29 is 4.57 Å². The van der Waals surface area contributed by atoms with E-state index < -0.39 is 0 Å². The highest BCUT2D eigenvalue weighted by atomic mass is 14.9. The molecule has 0 unspecified atom stereocenters. The minimum absolute atomic E-state index is 1.08. The van der Waals surface area contributed by atoms with Crippen molar-refractivity contribution in [1.29, 1.82) is 0 Å². The molecule has 0 N–H and O–H groups in total. The summed E-state index contributed by atoms with van der Waals surface area (Å²) in [5.74, 6) is 0. The van der Waals surface area contributed by atoms with Crippen molar-refractivity contribution >= 4 is 21.7 Å². The Balaban J connectivity index is 2.21. The van der Waals surface area contributed by atoms with E-state index in [1.54, 1.807) is 0 Å². The van der Waals surface area contributed by atoms with Gasteiger partial charge in [-0.05, 0) is 30.9 Å². The second-order valence-corrected chi connectivity index (χ2v) is 6.09. The fourth-order valence-electron chi connectivity index (χ4n) is 3.39. The molecule has 0 bridgehead atoms. The smallest absolute Gasteiger partial charge is 0.214 e. The summed E-state index contributed by atoms with van der Waals surface area (Å²) < 4.78 is 2.16. The molecule has 0 atom stereocenters. The molecule has 0 amide bonds. The monoisotopic (exact) mass is 299 g/mol. The van der Waals surface area contributed by atoms with Crippen LogP contribution in [0.15, 0.2) is 60.8 Å². The normalized spacial score (nSPS) is 11.3. The van der Waals surface area contributed by atoms with Gasteiger partial charge >= 0.3 is 0 Å². The molecule has 0 aliphatic carbocycles. The fraction of sp³-hybridized carbons (Fsp3) is 0.143. The van der Waals surface area contributed by atoms with Gasteiger partial charge in [-0.15, -0.1) is 0 Å². The van der Waals surface area contributed by atoms with Crippen LogP contribution in [0.4, 0.5) is 0 Å². The predicted molar refractivity (Wildman–Crippen MR) is 95.3 cm³/mol. The van der Waals surface area contributed by atoms with E-state index in [1.807, 2.05) is 0 Å². The van der Waals surface area contributed by atoms with E-state index in [0.29, 0.717) is 0 Å². The van der Waals surface area contributed by atoms with Gasteiger partial charge in [-0.2, -0.15) is 0 Å². The summed E-state index contributed by atoms with van der Waals surface area (Å²) in [7, 11) is 2.08. The van der Waals surface area contributed by atoms with Crippen molar-refractivity contribution in [2.45, 2.75) is 13.8 Å². The number of hydrogen-bond acceptors (Lipinski definition) is 1. The van der Waals surface area contributed by atoms with Crippen molar-refractivity contribution in [3.63, 3.8) is 0 Å².